The lowest BCUT2D eigenvalue weighted by Crippen LogP contribution is -2.51. The van der Waals surface area contributed by atoms with Gasteiger partial charge in [0.05, 0.1) is 18.8 Å². The van der Waals surface area contributed by atoms with E-state index in [0.717, 1.165) is 0 Å². The Balaban J connectivity index is 2.84. The third kappa shape index (κ3) is 6.55. The quantitative estimate of drug-likeness (QED) is 0.220. The van der Waals surface area contributed by atoms with Crippen molar-refractivity contribution in [2.75, 3.05) is 13.2 Å². The minimum absolute atomic E-state index is 0.0694. The van der Waals surface area contributed by atoms with Gasteiger partial charge in [0.15, 0.2) is 11.9 Å². The van der Waals surface area contributed by atoms with E-state index in [0.29, 0.717) is 25.8 Å². The topological polar surface area (TPSA) is 210 Å². The van der Waals surface area contributed by atoms with Crippen LogP contribution in [0.2, 0.25) is 0 Å². The molecule has 0 fully saturated rings. The predicted octanol–water partition coefficient (Wildman–Crippen LogP) is -1.63. The zero-order valence-corrected chi connectivity index (χ0v) is 14.5. The molecule has 1 unspecified atom stereocenters. The Morgan fingerprint density at radius 2 is 2.00 bits per heavy atom. The molecule has 0 aliphatic heterocycles. The van der Waals surface area contributed by atoms with E-state index in [-0.39, 0.29) is 18.3 Å². The van der Waals surface area contributed by atoms with Crippen LogP contribution in [0, 0.1) is 0 Å². The molecule has 0 spiro atoms. The number of carbonyl (C=O) groups is 2. The summed E-state index contributed by atoms with van der Waals surface area (Å²) >= 11 is 0. The summed E-state index contributed by atoms with van der Waals surface area (Å²) in [5.74, 6) is -1.22. The first-order chi connectivity index (χ1) is 12.3. The van der Waals surface area contributed by atoms with Gasteiger partial charge < -0.3 is 41.9 Å². The van der Waals surface area contributed by atoms with Gasteiger partial charge >= 0.3 is 12.0 Å². The average Bonchev–Trinajstić information content (AvgIpc) is 3.07. The van der Waals surface area contributed by atoms with Crippen molar-refractivity contribution in [3.63, 3.8) is 0 Å². The number of aliphatic hydroxyl groups is 2. The van der Waals surface area contributed by atoms with Gasteiger partial charge in [-0.1, -0.05) is 5.16 Å². The van der Waals surface area contributed by atoms with Crippen molar-refractivity contribution in [3.05, 3.63) is 11.7 Å². The van der Waals surface area contributed by atoms with Gasteiger partial charge in [-0.3, -0.25) is 0 Å². The number of carboxylic acid groups (broad SMARTS) is 1. The highest BCUT2D eigenvalue weighted by atomic mass is 16.5. The summed E-state index contributed by atoms with van der Waals surface area (Å²) in [4.78, 5) is 27.2. The van der Waals surface area contributed by atoms with Gasteiger partial charge in [0.25, 0.3) is 0 Å². The Labute approximate surface area is 149 Å². The number of aromatic nitrogens is 2. The number of hydrogen-bond donors (Lipinski definition) is 7. The monoisotopic (exact) mass is 374 g/mol. The Hall–Kier alpha value is -2.28. The predicted molar refractivity (Wildman–Crippen MR) is 88.7 cm³/mol. The fourth-order valence-corrected chi connectivity index (χ4v) is 2.10. The fraction of sp³-hybridized carbons (Fsp3) is 0.714. The van der Waals surface area contributed by atoms with Crippen LogP contribution >= 0.6 is 0 Å². The molecule has 0 bridgehead atoms. The molecule has 2 amide bonds. The molecule has 0 aromatic carbocycles. The zero-order chi connectivity index (χ0) is 19.7. The summed E-state index contributed by atoms with van der Waals surface area (Å²) in [6, 6.07) is -3.82. The number of nitrogens with two attached hydrogens (primary N) is 2. The summed E-state index contributed by atoms with van der Waals surface area (Å²) in [5, 5.41) is 35.8. The second-order valence-corrected chi connectivity index (χ2v) is 5.79. The summed E-state index contributed by atoms with van der Waals surface area (Å²) < 4.78 is 5.09. The summed E-state index contributed by atoms with van der Waals surface area (Å²) in [5.41, 5.74) is 11.1. The highest BCUT2D eigenvalue weighted by molar-refractivity contribution is 5.83. The van der Waals surface area contributed by atoms with Crippen molar-refractivity contribution in [3.8, 4) is 0 Å². The molecule has 0 radical (unpaired) electrons. The molecule has 1 heterocycles. The first kappa shape index (κ1) is 21.8. The van der Waals surface area contributed by atoms with Gasteiger partial charge in [-0.2, -0.15) is 4.98 Å². The van der Waals surface area contributed by atoms with Crippen LogP contribution < -0.4 is 22.1 Å². The largest absolute Gasteiger partial charge is 0.480 e. The molecule has 12 nitrogen and oxygen atoms in total. The van der Waals surface area contributed by atoms with Gasteiger partial charge in [-0.05, 0) is 32.7 Å². The lowest BCUT2D eigenvalue weighted by atomic mass is 10.1. The van der Waals surface area contributed by atoms with E-state index in [1.54, 1.807) is 0 Å². The normalized spacial score (nSPS) is 15.7. The van der Waals surface area contributed by atoms with Gasteiger partial charge in [0.2, 0.25) is 5.89 Å². The van der Waals surface area contributed by atoms with E-state index in [2.05, 4.69) is 20.8 Å². The molecule has 26 heavy (non-hydrogen) atoms. The molecule has 1 rings (SSSR count). The summed E-state index contributed by atoms with van der Waals surface area (Å²) in [6.45, 7) is 1.34. The lowest BCUT2D eigenvalue weighted by Gasteiger charge is -2.20. The van der Waals surface area contributed by atoms with E-state index >= 15 is 0 Å². The van der Waals surface area contributed by atoms with Crippen molar-refractivity contribution >= 4 is 12.0 Å². The van der Waals surface area contributed by atoms with Crippen molar-refractivity contribution < 1.29 is 29.4 Å². The fourth-order valence-electron chi connectivity index (χ4n) is 2.10. The Kier molecular flexibility index (Phi) is 8.92. The minimum Gasteiger partial charge on any atom is -0.480 e. The molecule has 0 saturated carbocycles. The molecule has 9 N–H and O–H groups in total. The molecule has 0 saturated heterocycles. The number of carbonyl (C=O) groups excluding carboxylic acids is 1. The smallest absolute Gasteiger partial charge is 0.328 e. The van der Waals surface area contributed by atoms with Gasteiger partial charge in [0.1, 0.15) is 6.04 Å². The average molecular weight is 374 g/mol. The standard InChI is InChI=1S/C14H26N6O6/c1-7(22)10(13(23)24)18-14(25)17-9(4-2-3-5-15)12-19-11(20-26-12)8(16)6-21/h7-10,21-22H,2-6,15-16H2,1H3,(H,23,24)(H2,17,18,25)/t7?,8-,9-,10-/m0/s1. The number of rotatable bonds is 11. The maximum absolute atomic E-state index is 12.1. The van der Waals surface area contributed by atoms with Gasteiger partial charge in [0, 0.05) is 0 Å². The zero-order valence-electron chi connectivity index (χ0n) is 14.5. The van der Waals surface area contributed by atoms with Gasteiger partial charge in [-0.25, -0.2) is 9.59 Å². The minimum atomic E-state index is -1.47. The molecule has 1 aromatic heterocycles. The maximum atomic E-state index is 12.1. The first-order valence-electron chi connectivity index (χ1n) is 8.18. The van der Waals surface area contributed by atoms with Crippen molar-refractivity contribution in [1.29, 1.82) is 0 Å². The van der Waals surface area contributed by atoms with E-state index in [9.17, 15) is 14.7 Å². The lowest BCUT2D eigenvalue weighted by molar-refractivity contribution is -0.141. The number of aliphatic hydroxyl groups excluding tert-OH is 2. The number of hydrogen-bond acceptors (Lipinski definition) is 9. The highest BCUT2D eigenvalue weighted by Gasteiger charge is 2.28. The second-order valence-electron chi connectivity index (χ2n) is 5.79. The SMILES string of the molecule is CC(O)[C@H](NC(=O)N[C@@H](CCCCN)c1nc([C@@H](N)CO)no1)C(=O)O. The van der Waals surface area contributed by atoms with E-state index < -0.39 is 36.2 Å². The van der Waals surface area contributed by atoms with Crippen LogP contribution in [-0.2, 0) is 4.79 Å². The number of nitrogens with one attached hydrogen (secondary N) is 2. The molecule has 12 heteroatoms. The van der Waals surface area contributed by atoms with Crippen LogP contribution in [0.1, 0.15) is 50.0 Å². The molecular formula is C14H26N6O6. The van der Waals surface area contributed by atoms with Crippen molar-refractivity contribution in [2.45, 2.75) is 50.4 Å². The summed E-state index contributed by atoms with van der Waals surface area (Å²) in [6.07, 6.45) is 0.464. The van der Waals surface area contributed by atoms with Gasteiger partial charge in [-0.15, -0.1) is 0 Å². The van der Waals surface area contributed by atoms with E-state index in [1.165, 1.54) is 6.92 Å². The number of aliphatic carboxylic acids is 1. The molecule has 148 valence electrons. The van der Waals surface area contributed by atoms with Crippen LogP contribution in [0.5, 0.6) is 0 Å². The maximum Gasteiger partial charge on any atom is 0.328 e. The van der Waals surface area contributed by atoms with Crippen LogP contribution in [0.3, 0.4) is 0 Å². The molecular weight excluding hydrogens is 348 g/mol. The van der Waals surface area contributed by atoms with Crippen LogP contribution in [0.15, 0.2) is 4.52 Å². The first-order valence-corrected chi connectivity index (χ1v) is 8.18. The molecule has 1 aromatic rings. The number of carboxylic acids is 1. The third-order valence-electron chi connectivity index (χ3n) is 3.57. The molecule has 0 aliphatic rings. The number of urea groups is 1. The second kappa shape index (κ2) is 10.7. The Morgan fingerprint density at radius 1 is 1.31 bits per heavy atom. The highest BCUT2D eigenvalue weighted by Crippen LogP contribution is 2.19. The summed E-state index contributed by atoms with van der Waals surface area (Å²) in [7, 11) is 0. The number of unbranched alkanes of at least 4 members (excludes halogenated alkanes) is 1. The van der Waals surface area contributed by atoms with Crippen LogP contribution in [0.4, 0.5) is 4.79 Å². The van der Waals surface area contributed by atoms with Crippen LogP contribution in [-0.4, -0.2) is 62.8 Å². The van der Waals surface area contributed by atoms with E-state index in [1.807, 2.05) is 0 Å². The van der Waals surface area contributed by atoms with E-state index in [4.69, 9.17) is 26.2 Å². The van der Waals surface area contributed by atoms with Crippen molar-refractivity contribution in [2.24, 2.45) is 11.5 Å². The number of nitrogens with zero attached hydrogens (tertiary/aromatic N) is 2. The number of amides is 2. The van der Waals surface area contributed by atoms with Crippen LogP contribution in [0.25, 0.3) is 0 Å². The van der Waals surface area contributed by atoms with Crippen molar-refractivity contribution in [1.82, 2.24) is 20.8 Å². The molecule has 0 aliphatic carbocycles. The molecule has 4 atom stereocenters. The Morgan fingerprint density at radius 3 is 2.54 bits per heavy atom. The third-order valence-corrected chi connectivity index (χ3v) is 3.57. The Bertz CT molecular complexity index is 580.